The summed E-state index contributed by atoms with van der Waals surface area (Å²) in [6.07, 6.45) is 12.6. The standard InChI is InChI=1S/C34H39ClN6O4/c1-34(11-12-34)45-32(42)38-30(28-20-36-21-39(28)2)27-18-22-6-5-13-37-29(22)31(25-10-9-23(35)19-26(25)27)40-14-16-41(17-15-40)33(43)44-24-7-3-4-8-24/h5-6,9-10,13,18-21,24,30-31H,3-4,7-8,11-12,14-17H2,1-2H3,(H,38,42). The summed E-state index contributed by atoms with van der Waals surface area (Å²) in [5.74, 6) is 0. The zero-order valence-electron chi connectivity index (χ0n) is 25.7. The van der Waals surface area contributed by atoms with Crippen molar-refractivity contribution in [3.05, 3.63) is 82.2 Å². The van der Waals surface area contributed by atoms with Crippen LogP contribution in [0, 0.1) is 0 Å². The predicted octanol–water partition coefficient (Wildman–Crippen LogP) is 6.13. The number of nitrogens with one attached hydrogen (secondary N) is 1. The number of ether oxygens (including phenoxy) is 2. The van der Waals surface area contributed by atoms with Gasteiger partial charge in [0.25, 0.3) is 0 Å². The molecule has 2 unspecified atom stereocenters. The van der Waals surface area contributed by atoms with Crippen LogP contribution in [0.2, 0.25) is 5.02 Å². The topological polar surface area (TPSA) is 102 Å². The molecule has 3 aromatic rings. The third-order valence-corrected chi connectivity index (χ3v) is 9.82. The summed E-state index contributed by atoms with van der Waals surface area (Å²) < 4.78 is 13.5. The van der Waals surface area contributed by atoms with Crippen LogP contribution in [0.4, 0.5) is 9.59 Å². The molecule has 1 aliphatic heterocycles. The fourth-order valence-corrected chi connectivity index (χ4v) is 6.96. The number of aromatic nitrogens is 3. The normalized spacial score (nSPS) is 21.6. The lowest BCUT2D eigenvalue weighted by Gasteiger charge is -2.39. The van der Waals surface area contributed by atoms with Gasteiger partial charge in [-0.05, 0) is 92.0 Å². The summed E-state index contributed by atoms with van der Waals surface area (Å²) in [6, 6.07) is 9.15. The molecule has 2 atom stereocenters. The smallest absolute Gasteiger partial charge is 0.410 e. The number of alkyl carbamates (subject to hydrolysis) is 1. The molecule has 1 aromatic carbocycles. The third kappa shape index (κ3) is 6.18. The Bertz CT molecular complexity index is 1620. The number of pyridine rings is 1. The van der Waals surface area contributed by atoms with Gasteiger partial charge in [0, 0.05) is 44.4 Å². The van der Waals surface area contributed by atoms with Gasteiger partial charge in [0.2, 0.25) is 0 Å². The van der Waals surface area contributed by atoms with Gasteiger partial charge in [-0.25, -0.2) is 14.6 Å². The lowest BCUT2D eigenvalue weighted by atomic mass is 9.90. The summed E-state index contributed by atoms with van der Waals surface area (Å²) in [6.45, 7) is 4.40. The van der Waals surface area contributed by atoms with Crippen molar-refractivity contribution >= 4 is 35.4 Å². The first-order valence-electron chi connectivity index (χ1n) is 15.9. The van der Waals surface area contributed by atoms with Crippen LogP contribution in [0.25, 0.3) is 11.6 Å². The molecule has 2 amide bonds. The molecule has 0 spiro atoms. The number of fused-ring (bicyclic) bond motifs is 2. The van der Waals surface area contributed by atoms with Gasteiger partial charge >= 0.3 is 12.2 Å². The van der Waals surface area contributed by atoms with E-state index in [1.807, 2.05) is 47.8 Å². The molecular weight excluding hydrogens is 592 g/mol. The molecule has 3 aliphatic carbocycles. The molecule has 1 saturated heterocycles. The van der Waals surface area contributed by atoms with Crippen molar-refractivity contribution in [2.24, 2.45) is 7.05 Å². The molecule has 2 saturated carbocycles. The third-order valence-electron chi connectivity index (χ3n) is 9.59. The first-order chi connectivity index (χ1) is 21.8. The van der Waals surface area contributed by atoms with Crippen molar-refractivity contribution < 1.29 is 19.1 Å². The van der Waals surface area contributed by atoms with E-state index in [1.54, 1.807) is 12.5 Å². The number of carbonyl (C=O) groups excluding carboxylic acids is 2. The van der Waals surface area contributed by atoms with Crippen LogP contribution in [0.15, 0.2) is 49.1 Å². The van der Waals surface area contributed by atoms with Crippen LogP contribution < -0.4 is 5.32 Å². The van der Waals surface area contributed by atoms with Crippen molar-refractivity contribution in [3.63, 3.8) is 0 Å². The molecule has 2 aromatic heterocycles. The number of imidazole rings is 1. The molecule has 0 bridgehead atoms. The minimum absolute atomic E-state index is 0.0417. The van der Waals surface area contributed by atoms with E-state index in [2.05, 4.69) is 33.4 Å². The number of benzene rings is 1. The van der Waals surface area contributed by atoms with Crippen molar-refractivity contribution in [3.8, 4) is 0 Å². The molecular formula is C34H39ClN6O4. The number of nitrogens with zero attached hydrogens (tertiary/aromatic N) is 5. The Morgan fingerprint density at radius 2 is 1.89 bits per heavy atom. The van der Waals surface area contributed by atoms with Gasteiger partial charge in [-0.3, -0.25) is 9.88 Å². The lowest BCUT2D eigenvalue weighted by molar-refractivity contribution is 0.0433. The molecule has 1 N–H and O–H groups in total. The van der Waals surface area contributed by atoms with E-state index in [0.29, 0.717) is 31.2 Å². The van der Waals surface area contributed by atoms with Crippen molar-refractivity contribution in [1.29, 1.82) is 0 Å². The molecule has 0 radical (unpaired) electrons. The summed E-state index contributed by atoms with van der Waals surface area (Å²) in [7, 11) is 1.91. The van der Waals surface area contributed by atoms with Crippen LogP contribution in [-0.4, -0.2) is 74.4 Å². The second-order valence-electron chi connectivity index (χ2n) is 12.9. The molecule has 4 aliphatic rings. The number of carbonyl (C=O) groups is 2. The second-order valence-corrected chi connectivity index (χ2v) is 13.3. The molecule has 7 rings (SSSR count). The number of halogens is 1. The van der Waals surface area contributed by atoms with Crippen molar-refractivity contribution in [2.45, 2.75) is 69.2 Å². The highest BCUT2D eigenvalue weighted by molar-refractivity contribution is 6.30. The van der Waals surface area contributed by atoms with Gasteiger partial charge < -0.3 is 24.3 Å². The zero-order valence-corrected chi connectivity index (χ0v) is 26.5. The van der Waals surface area contributed by atoms with Crippen LogP contribution >= 0.6 is 11.6 Å². The van der Waals surface area contributed by atoms with E-state index in [9.17, 15) is 9.59 Å². The largest absolute Gasteiger partial charge is 0.446 e. The molecule has 3 heterocycles. The highest BCUT2D eigenvalue weighted by atomic mass is 35.5. The quantitative estimate of drug-likeness (QED) is 0.350. The van der Waals surface area contributed by atoms with E-state index in [-0.39, 0.29) is 18.2 Å². The Labute approximate surface area is 268 Å². The number of rotatable bonds is 6. The molecule has 11 heteroatoms. The second kappa shape index (κ2) is 12.1. The van der Waals surface area contributed by atoms with Crippen molar-refractivity contribution in [1.82, 2.24) is 29.7 Å². The predicted molar refractivity (Wildman–Crippen MR) is 170 cm³/mol. The average molecular weight is 631 g/mol. The fraction of sp³-hybridized carbons (Fsp3) is 0.471. The number of aryl methyl sites for hydroxylation is 1. The maximum Gasteiger partial charge on any atom is 0.410 e. The van der Waals surface area contributed by atoms with E-state index < -0.39 is 17.7 Å². The number of hydrogen-bond donors (Lipinski definition) is 1. The summed E-state index contributed by atoms with van der Waals surface area (Å²) in [4.78, 5) is 39.7. The lowest BCUT2D eigenvalue weighted by Crippen LogP contribution is -2.50. The Hall–Kier alpha value is -3.89. The Morgan fingerprint density at radius 3 is 2.60 bits per heavy atom. The fourth-order valence-electron chi connectivity index (χ4n) is 6.79. The van der Waals surface area contributed by atoms with Gasteiger partial charge in [0.05, 0.1) is 36.0 Å². The molecule has 10 nitrogen and oxygen atoms in total. The number of piperazine rings is 1. The van der Waals surface area contributed by atoms with Gasteiger partial charge in [0.1, 0.15) is 11.7 Å². The molecule has 236 valence electrons. The Kier molecular flexibility index (Phi) is 8.03. The summed E-state index contributed by atoms with van der Waals surface area (Å²) in [5.41, 5.74) is 5.05. The Morgan fingerprint density at radius 1 is 1.11 bits per heavy atom. The number of amides is 2. The first kappa shape index (κ1) is 29.8. The van der Waals surface area contributed by atoms with Crippen LogP contribution in [0.1, 0.15) is 85.6 Å². The zero-order chi connectivity index (χ0) is 31.1. The maximum atomic E-state index is 13.3. The van der Waals surface area contributed by atoms with Gasteiger partial charge in [-0.2, -0.15) is 0 Å². The van der Waals surface area contributed by atoms with Gasteiger partial charge in [-0.1, -0.05) is 23.7 Å². The monoisotopic (exact) mass is 630 g/mol. The maximum absolute atomic E-state index is 13.3. The summed E-state index contributed by atoms with van der Waals surface area (Å²) >= 11 is 6.68. The Balaban J connectivity index is 1.24. The van der Waals surface area contributed by atoms with E-state index in [0.717, 1.165) is 72.2 Å². The van der Waals surface area contributed by atoms with Gasteiger partial charge in [-0.15, -0.1) is 0 Å². The van der Waals surface area contributed by atoms with Crippen LogP contribution in [-0.2, 0) is 16.5 Å². The highest BCUT2D eigenvalue weighted by Gasteiger charge is 2.43. The summed E-state index contributed by atoms with van der Waals surface area (Å²) in [5, 5.41) is 3.75. The van der Waals surface area contributed by atoms with Crippen LogP contribution in [0.5, 0.6) is 0 Å². The van der Waals surface area contributed by atoms with E-state index >= 15 is 0 Å². The van der Waals surface area contributed by atoms with Crippen LogP contribution in [0.3, 0.4) is 0 Å². The first-order valence-corrected chi connectivity index (χ1v) is 16.3. The minimum atomic E-state index is -0.571. The van der Waals surface area contributed by atoms with Crippen molar-refractivity contribution in [2.75, 3.05) is 26.2 Å². The highest BCUT2D eigenvalue weighted by Crippen LogP contribution is 2.45. The molecule has 3 fully saturated rings. The van der Waals surface area contributed by atoms with E-state index in [4.69, 9.17) is 26.1 Å². The number of hydrogen-bond acceptors (Lipinski definition) is 7. The van der Waals surface area contributed by atoms with E-state index in [1.165, 1.54) is 0 Å². The SMILES string of the molecule is Cn1cncc1C(NC(=O)OC1(C)CC1)C1=Cc2cccnc2C(N2CCN(C(=O)OC3CCCC3)CC2)c2ccc(Cl)cc21. The molecule has 45 heavy (non-hydrogen) atoms. The average Bonchev–Trinajstić information content (AvgIpc) is 3.35. The minimum Gasteiger partial charge on any atom is -0.446 e. The van der Waals surface area contributed by atoms with Gasteiger partial charge in [0.15, 0.2) is 0 Å².